The number of aryl methyl sites for hydroxylation is 1. The zero-order valence-electron chi connectivity index (χ0n) is 20.8. The largest absolute Gasteiger partial charge is 0.489 e. The summed E-state index contributed by atoms with van der Waals surface area (Å²) in [6.07, 6.45) is 2.11. The van der Waals surface area contributed by atoms with Gasteiger partial charge in [-0.25, -0.2) is 9.78 Å². The Kier molecular flexibility index (Phi) is 6.62. The van der Waals surface area contributed by atoms with Gasteiger partial charge in [-0.05, 0) is 73.0 Å². The van der Waals surface area contributed by atoms with Gasteiger partial charge in [-0.1, -0.05) is 46.6 Å². The summed E-state index contributed by atoms with van der Waals surface area (Å²) in [4.78, 5) is 15.5. The average Bonchev–Trinajstić information content (AvgIpc) is 3.67. The fourth-order valence-corrected chi connectivity index (χ4v) is 5.08. The number of nitrogens with zero attached hydrogens (tertiary/aromatic N) is 2. The molecule has 6 rings (SSSR count). The molecule has 0 aliphatic heterocycles. The Morgan fingerprint density at radius 1 is 1.00 bits per heavy atom. The summed E-state index contributed by atoms with van der Waals surface area (Å²) < 4.78 is 17.8. The number of carboxylic acids is 1. The normalized spacial score (nSPS) is 13.0. The number of aromatic nitrogens is 2. The average molecular weight is 561 g/mol. The van der Waals surface area contributed by atoms with Crippen LogP contribution in [0.5, 0.6) is 17.4 Å². The van der Waals surface area contributed by atoms with Gasteiger partial charge in [0.2, 0.25) is 5.88 Å². The van der Waals surface area contributed by atoms with Crippen molar-refractivity contribution in [2.24, 2.45) is 0 Å². The third kappa shape index (κ3) is 5.15. The smallest absolute Gasteiger partial charge is 0.337 e. The first kappa shape index (κ1) is 25.2. The van der Waals surface area contributed by atoms with Crippen LogP contribution >= 0.6 is 23.2 Å². The lowest BCUT2D eigenvalue weighted by atomic mass is 10.0. The second kappa shape index (κ2) is 10.2. The van der Waals surface area contributed by atoms with Crippen molar-refractivity contribution in [2.75, 3.05) is 0 Å². The van der Waals surface area contributed by atoms with Gasteiger partial charge < -0.3 is 19.1 Å². The fourth-order valence-electron chi connectivity index (χ4n) is 4.50. The number of pyridine rings is 1. The highest BCUT2D eigenvalue weighted by atomic mass is 35.5. The Morgan fingerprint density at radius 2 is 1.69 bits per heavy atom. The topological polar surface area (TPSA) is 94.7 Å². The van der Waals surface area contributed by atoms with Crippen molar-refractivity contribution in [1.82, 2.24) is 10.1 Å². The van der Waals surface area contributed by atoms with Crippen LogP contribution in [-0.4, -0.2) is 21.2 Å². The molecule has 2 heterocycles. The van der Waals surface area contributed by atoms with Crippen molar-refractivity contribution >= 4 is 39.9 Å². The standard InChI is InChI=1S/C30H22Cl2N2O5/c1-16-22(30(35)36)11-12-26(33-16)38-21-10-8-18-13-20(9-7-19(18)14-21)37-15-23-28(34-39-29(23)17-5-6-17)27-24(31)3-2-4-25(27)32/h2-4,7-14,17H,5-6,15H2,1H3,(H,35,36). The number of hydrogen-bond donors (Lipinski definition) is 1. The highest BCUT2D eigenvalue weighted by molar-refractivity contribution is 6.39. The second-order valence-corrected chi connectivity index (χ2v) is 10.2. The molecule has 196 valence electrons. The van der Waals surface area contributed by atoms with Crippen LogP contribution < -0.4 is 9.47 Å². The summed E-state index contributed by atoms with van der Waals surface area (Å²) in [6.45, 7) is 1.90. The minimum absolute atomic E-state index is 0.144. The van der Waals surface area contributed by atoms with Gasteiger partial charge in [-0.3, -0.25) is 0 Å². The van der Waals surface area contributed by atoms with Crippen molar-refractivity contribution in [3.05, 3.63) is 99.4 Å². The molecule has 9 heteroatoms. The van der Waals surface area contributed by atoms with Crippen LogP contribution in [0.4, 0.5) is 0 Å². The van der Waals surface area contributed by atoms with E-state index in [2.05, 4.69) is 10.1 Å². The molecule has 1 fully saturated rings. The molecule has 7 nitrogen and oxygen atoms in total. The Hall–Kier alpha value is -4.07. The lowest BCUT2D eigenvalue weighted by Gasteiger charge is -2.11. The highest BCUT2D eigenvalue weighted by Crippen LogP contribution is 2.46. The van der Waals surface area contributed by atoms with Gasteiger partial charge in [-0.15, -0.1) is 0 Å². The maximum Gasteiger partial charge on any atom is 0.337 e. The summed E-state index contributed by atoms with van der Waals surface area (Å²) in [5, 5.41) is 16.4. The molecular formula is C30H22Cl2N2O5. The number of halogens is 2. The van der Waals surface area contributed by atoms with E-state index in [9.17, 15) is 9.90 Å². The van der Waals surface area contributed by atoms with Gasteiger partial charge >= 0.3 is 5.97 Å². The van der Waals surface area contributed by atoms with Crippen molar-refractivity contribution in [1.29, 1.82) is 0 Å². The third-order valence-electron chi connectivity index (χ3n) is 6.65. The molecule has 5 aromatic rings. The Balaban J connectivity index is 1.22. The van der Waals surface area contributed by atoms with Crippen molar-refractivity contribution in [3.63, 3.8) is 0 Å². The van der Waals surface area contributed by atoms with Crippen LogP contribution in [0.15, 0.2) is 71.3 Å². The molecule has 1 aliphatic rings. The van der Waals surface area contributed by atoms with E-state index in [1.165, 1.54) is 6.07 Å². The van der Waals surface area contributed by atoms with E-state index in [1.807, 2.05) is 36.4 Å². The number of aromatic carboxylic acids is 1. The zero-order valence-corrected chi connectivity index (χ0v) is 22.3. The first-order valence-corrected chi connectivity index (χ1v) is 13.1. The Labute approximate surface area is 233 Å². The second-order valence-electron chi connectivity index (χ2n) is 9.39. The van der Waals surface area contributed by atoms with Crippen molar-refractivity contribution in [3.8, 4) is 28.6 Å². The van der Waals surface area contributed by atoms with Gasteiger partial charge in [0.25, 0.3) is 0 Å². The minimum atomic E-state index is -1.02. The van der Waals surface area contributed by atoms with Crippen LogP contribution in [0.3, 0.4) is 0 Å². The van der Waals surface area contributed by atoms with Crippen LogP contribution in [0, 0.1) is 6.92 Å². The minimum Gasteiger partial charge on any atom is -0.489 e. The SMILES string of the molecule is Cc1nc(Oc2ccc3cc(OCc4c(-c5c(Cl)cccc5Cl)noc4C4CC4)ccc3c2)ccc1C(=O)O. The number of rotatable bonds is 8. The summed E-state index contributed by atoms with van der Waals surface area (Å²) in [5.74, 6) is 1.74. The maximum atomic E-state index is 11.2. The molecule has 1 saturated carbocycles. The summed E-state index contributed by atoms with van der Waals surface area (Å²) in [6, 6.07) is 19.8. The van der Waals surface area contributed by atoms with E-state index >= 15 is 0 Å². The molecular weight excluding hydrogens is 539 g/mol. The van der Waals surface area contributed by atoms with Crippen LogP contribution in [0.25, 0.3) is 22.0 Å². The van der Waals surface area contributed by atoms with Crippen LogP contribution in [-0.2, 0) is 6.61 Å². The van der Waals surface area contributed by atoms with E-state index in [0.29, 0.717) is 50.3 Å². The fraction of sp³-hybridized carbons (Fsp3) is 0.167. The van der Waals surface area contributed by atoms with E-state index in [4.69, 9.17) is 37.2 Å². The summed E-state index contributed by atoms with van der Waals surface area (Å²) in [7, 11) is 0. The molecule has 3 aromatic carbocycles. The number of carboxylic acid groups (broad SMARTS) is 1. The molecule has 0 radical (unpaired) electrons. The predicted octanol–water partition coefficient (Wildman–Crippen LogP) is 8.45. The molecule has 2 aromatic heterocycles. The molecule has 0 atom stereocenters. The van der Waals surface area contributed by atoms with Crippen molar-refractivity contribution < 1.29 is 23.9 Å². The predicted molar refractivity (Wildman–Crippen MR) is 148 cm³/mol. The molecule has 0 saturated heterocycles. The van der Waals surface area contributed by atoms with Gasteiger partial charge in [0.15, 0.2) is 0 Å². The summed E-state index contributed by atoms with van der Waals surface area (Å²) in [5.41, 5.74) is 2.64. The van der Waals surface area contributed by atoms with Crippen molar-refractivity contribution in [2.45, 2.75) is 32.3 Å². The molecule has 0 unspecified atom stereocenters. The molecule has 0 bridgehead atoms. The van der Waals surface area contributed by atoms with Gasteiger partial charge in [0.1, 0.15) is 29.6 Å². The Bertz CT molecular complexity index is 1710. The molecule has 39 heavy (non-hydrogen) atoms. The van der Waals surface area contributed by atoms with Gasteiger partial charge in [-0.2, -0.15) is 0 Å². The number of ether oxygens (including phenoxy) is 2. The lowest BCUT2D eigenvalue weighted by molar-refractivity contribution is 0.0695. The van der Waals surface area contributed by atoms with Gasteiger partial charge in [0.05, 0.1) is 26.9 Å². The number of fused-ring (bicyclic) bond motifs is 1. The number of hydrogen-bond acceptors (Lipinski definition) is 6. The molecule has 0 amide bonds. The zero-order chi connectivity index (χ0) is 27.1. The third-order valence-corrected chi connectivity index (χ3v) is 7.28. The monoisotopic (exact) mass is 560 g/mol. The quantitative estimate of drug-likeness (QED) is 0.203. The van der Waals surface area contributed by atoms with E-state index in [1.54, 1.807) is 31.2 Å². The summed E-state index contributed by atoms with van der Waals surface area (Å²) >= 11 is 12.9. The molecule has 1 N–H and O–H groups in total. The first-order chi connectivity index (χ1) is 18.9. The maximum absolute atomic E-state index is 11.2. The first-order valence-electron chi connectivity index (χ1n) is 12.4. The number of carbonyl (C=O) groups is 1. The Morgan fingerprint density at radius 3 is 2.36 bits per heavy atom. The van der Waals surface area contributed by atoms with Crippen LogP contribution in [0.1, 0.15) is 46.1 Å². The molecule has 1 aliphatic carbocycles. The lowest BCUT2D eigenvalue weighted by Crippen LogP contribution is -2.02. The van der Waals surface area contributed by atoms with Gasteiger partial charge in [0, 0.05) is 17.5 Å². The van der Waals surface area contributed by atoms with Crippen LogP contribution in [0.2, 0.25) is 10.0 Å². The van der Waals surface area contributed by atoms with E-state index < -0.39 is 5.97 Å². The highest BCUT2D eigenvalue weighted by Gasteiger charge is 2.33. The van der Waals surface area contributed by atoms with E-state index in [0.717, 1.165) is 34.9 Å². The molecule has 0 spiro atoms. The number of benzene rings is 3. The van der Waals surface area contributed by atoms with E-state index in [-0.39, 0.29) is 12.2 Å².